The maximum atomic E-state index is 13.8. The molecular formula is C35H30N4O6S. The topological polar surface area (TPSA) is 123 Å². The molecule has 3 aromatic heterocycles. The molecular weight excluding hydrogens is 604 g/mol. The summed E-state index contributed by atoms with van der Waals surface area (Å²) in [6, 6.07) is 19.3. The fraction of sp³-hybridized carbons (Fsp3) is 0.171. The zero-order chi connectivity index (χ0) is 32.5. The van der Waals surface area contributed by atoms with E-state index in [1.54, 1.807) is 38.1 Å². The minimum Gasteiger partial charge on any atom is -0.505 e. The lowest BCUT2D eigenvalue weighted by atomic mass is 9.96. The highest BCUT2D eigenvalue weighted by molar-refractivity contribution is 7.17. The van der Waals surface area contributed by atoms with Gasteiger partial charge in [-0.1, -0.05) is 72.5 Å². The highest BCUT2D eigenvalue weighted by Gasteiger charge is 2.49. The van der Waals surface area contributed by atoms with Gasteiger partial charge in [0.2, 0.25) is 0 Å². The van der Waals surface area contributed by atoms with E-state index in [-0.39, 0.29) is 27.9 Å². The van der Waals surface area contributed by atoms with Gasteiger partial charge in [0.25, 0.3) is 5.78 Å². The number of hydrogen-bond donors (Lipinski definition) is 1. The number of thiazole rings is 1. The number of amides is 1. The molecule has 4 heterocycles. The summed E-state index contributed by atoms with van der Waals surface area (Å²) >= 11 is 0.927. The second-order valence-corrected chi connectivity index (χ2v) is 11.7. The normalized spacial score (nSPS) is 15.8. The summed E-state index contributed by atoms with van der Waals surface area (Å²) < 4.78 is 13.1. The minimum absolute atomic E-state index is 0.00360. The van der Waals surface area contributed by atoms with Crippen LogP contribution < -0.4 is 9.64 Å². The largest absolute Gasteiger partial charge is 0.505 e. The molecule has 1 unspecified atom stereocenters. The number of carbonyl (C=O) groups excluding carboxylic acids is 3. The molecule has 2 aromatic carbocycles. The lowest BCUT2D eigenvalue weighted by molar-refractivity contribution is -0.132. The Hall–Kier alpha value is -5.55. The van der Waals surface area contributed by atoms with Gasteiger partial charge in [0.1, 0.15) is 35.2 Å². The molecule has 10 nitrogen and oxygen atoms in total. The van der Waals surface area contributed by atoms with Crippen LogP contribution in [0, 0.1) is 20.8 Å². The summed E-state index contributed by atoms with van der Waals surface area (Å²) in [6.07, 6.45) is 3.26. The molecule has 46 heavy (non-hydrogen) atoms. The first kappa shape index (κ1) is 30.5. The molecule has 0 bridgehead atoms. The van der Waals surface area contributed by atoms with Gasteiger partial charge in [-0.05, 0) is 55.7 Å². The Morgan fingerprint density at radius 1 is 1.04 bits per heavy atom. The number of aromatic nitrogens is 3. The van der Waals surface area contributed by atoms with Crippen molar-refractivity contribution in [2.75, 3.05) is 11.5 Å². The summed E-state index contributed by atoms with van der Waals surface area (Å²) in [5, 5.41) is 11.9. The van der Waals surface area contributed by atoms with E-state index in [2.05, 4.69) is 16.5 Å². The highest BCUT2D eigenvalue weighted by Crippen LogP contribution is 2.45. The fourth-order valence-electron chi connectivity index (χ4n) is 5.41. The van der Waals surface area contributed by atoms with Crippen LogP contribution in [0.2, 0.25) is 0 Å². The number of anilines is 1. The van der Waals surface area contributed by atoms with Gasteiger partial charge in [0, 0.05) is 6.20 Å². The van der Waals surface area contributed by atoms with E-state index in [4.69, 9.17) is 9.47 Å². The third kappa shape index (κ3) is 5.45. The van der Waals surface area contributed by atoms with Crippen LogP contribution >= 0.6 is 11.3 Å². The quantitative estimate of drug-likeness (QED) is 0.0662. The molecule has 0 spiro atoms. The number of aryl methyl sites for hydroxylation is 3. The fourth-order valence-corrected chi connectivity index (χ4v) is 6.40. The Labute approximate surface area is 268 Å². The lowest BCUT2D eigenvalue weighted by Crippen LogP contribution is -2.29. The third-order valence-corrected chi connectivity index (χ3v) is 8.82. The van der Waals surface area contributed by atoms with Crippen LogP contribution in [0.15, 0.2) is 91.2 Å². The average Bonchev–Trinajstić information content (AvgIpc) is 3.70. The summed E-state index contributed by atoms with van der Waals surface area (Å²) in [5.74, 6) is -2.35. The smallest absolute Gasteiger partial charge is 0.350 e. The van der Waals surface area contributed by atoms with E-state index in [1.165, 1.54) is 11.0 Å². The number of hydrogen-bond acceptors (Lipinski definition) is 9. The number of nitrogens with zero attached hydrogens (tertiary/aromatic N) is 4. The first-order valence-electron chi connectivity index (χ1n) is 14.5. The van der Waals surface area contributed by atoms with E-state index in [0.29, 0.717) is 35.0 Å². The minimum atomic E-state index is -1.10. The molecule has 1 amide bonds. The van der Waals surface area contributed by atoms with Crippen LogP contribution in [0.4, 0.5) is 5.13 Å². The molecule has 0 saturated carbocycles. The van der Waals surface area contributed by atoms with Crippen molar-refractivity contribution in [2.24, 2.45) is 0 Å². The molecule has 5 aromatic rings. The molecule has 1 fully saturated rings. The zero-order valence-electron chi connectivity index (χ0n) is 25.4. The van der Waals surface area contributed by atoms with Gasteiger partial charge in [-0.25, -0.2) is 14.8 Å². The van der Waals surface area contributed by atoms with Gasteiger partial charge >= 0.3 is 11.9 Å². The Morgan fingerprint density at radius 3 is 2.57 bits per heavy atom. The molecule has 1 aliphatic rings. The monoisotopic (exact) mass is 634 g/mol. The number of Topliss-reactive ketones (excluding diaryl/α,β-unsaturated/α-hetero) is 1. The first-order valence-corrected chi connectivity index (χ1v) is 15.3. The van der Waals surface area contributed by atoms with Crippen LogP contribution in [0.3, 0.4) is 0 Å². The second-order valence-electron chi connectivity index (χ2n) is 10.7. The number of ether oxygens (including phenoxy) is 2. The maximum absolute atomic E-state index is 13.8. The summed E-state index contributed by atoms with van der Waals surface area (Å²) in [5.41, 5.74) is 3.90. The SMILES string of the molecule is C=CCOC(=O)c1sc(N2C(=O)C(=O)C(=C(O)c3nc4c(C)cccn4c3C)C2c2cccc(OCc3ccccc3)c2)nc1C. The van der Waals surface area contributed by atoms with Crippen molar-refractivity contribution in [3.05, 3.63) is 130 Å². The Kier molecular flexibility index (Phi) is 8.25. The van der Waals surface area contributed by atoms with Gasteiger partial charge in [0.15, 0.2) is 10.9 Å². The average molecular weight is 635 g/mol. The van der Waals surface area contributed by atoms with Crippen molar-refractivity contribution in [1.29, 1.82) is 0 Å². The van der Waals surface area contributed by atoms with Crippen molar-refractivity contribution in [2.45, 2.75) is 33.4 Å². The van der Waals surface area contributed by atoms with E-state index in [9.17, 15) is 19.5 Å². The van der Waals surface area contributed by atoms with Gasteiger partial charge in [0.05, 0.1) is 23.0 Å². The van der Waals surface area contributed by atoms with Crippen molar-refractivity contribution < 1.29 is 29.0 Å². The number of esters is 1. The van der Waals surface area contributed by atoms with Crippen LogP contribution in [0.25, 0.3) is 11.4 Å². The second kappa shape index (κ2) is 12.4. The molecule has 0 aliphatic carbocycles. The van der Waals surface area contributed by atoms with Crippen LogP contribution in [0.5, 0.6) is 5.75 Å². The van der Waals surface area contributed by atoms with Crippen molar-refractivity contribution in [1.82, 2.24) is 14.4 Å². The summed E-state index contributed by atoms with van der Waals surface area (Å²) in [6.45, 7) is 9.17. The molecule has 11 heteroatoms. The third-order valence-electron chi connectivity index (χ3n) is 7.68. The lowest BCUT2D eigenvalue weighted by Gasteiger charge is -2.23. The number of ketones is 1. The van der Waals surface area contributed by atoms with E-state index in [0.717, 1.165) is 22.5 Å². The van der Waals surface area contributed by atoms with E-state index >= 15 is 0 Å². The first-order chi connectivity index (χ1) is 22.2. The summed E-state index contributed by atoms with van der Waals surface area (Å²) in [4.78, 5) is 51.0. The van der Waals surface area contributed by atoms with E-state index in [1.807, 2.05) is 60.0 Å². The van der Waals surface area contributed by atoms with Gasteiger partial charge in [-0.15, -0.1) is 0 Å². The Bertz CT molecular complexity index is 2040. The van der Waals surface area contributed by atoms with Crippen molar-refractivity contribution in [3.8, 4) is 5.75 Å². The highest BCUT2D eigenvalue weighted by atomic mass is 32.1. The van der Waals surface area contributed by atoms with Crippen LogP contribution in [0.1, 0.15) is 49.5 Å². The molecule has 1 atom stereocenters. The number of carbonyl (C=O) groups is 3. The predicted molar refractivity (Wildman–Crippen MR) is 174 cm³/mol. The molecule has 1 saturated heterocycles. The Morgan fingerprint density at radius 2 is 1.83 bits per heavy atom. The Balaban J connectivity index is 1.49. The van der Waals surface area contributed by atoms with Gasteiger partial charge in [-0.3, -0.25) is 14.5 Å². The molecule has 1 N–H and O–H groups in total. The molecule has 0 radical (unpaired) electrons. The van der Waals surface area contributed by atoms with Crippen molar-refractivity contribution in [3.63, 3.8) is 0 Å². The summed E-state index contributed by atoms with van der Waals surface area (Å²) in [7, 11) is 0. The van der Waals surface area contributed by atoms with Crippen molar-refractivity contribution >= 4 is 45.5 Å². The number of pyridine rings is 1. The van der Waals surface area contributed by atoms with Gasteiger partial charge in [-0.2, -0.15) is 0 Å². The number of aliphatic hydroxyl groups is 1. The van der Waals surface area contributed by atoms with Crippen LogP contribution in [-0.2, 0) is 20.9 Å². The van der Waals surface area contributed by atoms with E-state index < -0.39 is 29.5 Å². The standard InChI is InChI=1S/C35H30N4O6S/c1-5-17-44-34(43)31-21(3)36-35(46-31)39-28(24-14-9-15-25(18-24)45-19-23-12-7-6-8-13-23)26(30(41)33(39)42)29(40)27-22(4)38-16-10-11-20(2)32(38)37-27/h5-16,18,28,40H,1,17,19H2,2-4H3. The van der Waals surface area contributed by atoms with Crippen LogP contribution in [-0.4, -0.2) is 43.7 Å². The number of aliphatic hydroxyl groups excluding tert-OH is 1. The molecule has 6 rings (SSSR count). The number of fused-ring (bicyclic) bond motifs is 1. The zero-order valence-corrected chi connectivity index (χ0v) is 26.2. The number of imidazole rings is 1. The van der Waals surface area contributed by atoms with Gasteiger partial charge < -0.3 is 19.0 Å². The number of benzene rings is 2. The molecule has 232 valence electrons. The maximum Gasteiger partial charge on any atom is 0.350 e. The number of rotatable bonds is 9. The predicted octanol–water partition coefficient (Wildman–Crippen LogP) is 6.26. The molecule has 1 aliphatic heterocycles.